The van der Waals surface area contributed by atoms with E-state index in [1.807, 2.05) is 30.3 Å². The van der Waals surface area contributed by atoms with Gasteiger partial charge in [0.2, 0.25) is 11.8 Å². The monoisotopic (exact) mass is 215 g/mol. The Morgan fingerprint density at radius 2 is 1.81 bits per heavy atom. The summed E-state index contributed by atoms with van der Waals surface area (Å²) in [6.07, 6.45) is 1.84. The van der Waals surface area contributed by atoms with Gasteiger partial charge < -0.3 is 0 Å². The van der Waals surface area contributed by atoms with Crippen LogP contribution in [-0.4, -0.2) is 22.8 Å². The maximum absolute atomic E-state index is 11.8. The molecule has 0 bridgehead atoms. The molecule has 3 nitrogen and oxygen atoms in total. The molecule has 0 unspecified atom stereocenters. The van der Waals surface area contributed by atoms with E-state index in [2.05, 4.69) is 0 Å². The lowest BCUT2D eigenvalue weighted by atomic mass is 9.90. The summed E-state index contributed by atoms with van der Waals surface area (Å²) in [6, 6.07) is 10.1. The van der Waals surface area contributed by atoms with Crippen LogP contribution in [-0.2, 0) is 9.59 Å². The van der Waals surface area contributed by atoms with Gasteiger partial charge in [0, 0.05) is 24.8 Å². The van der Waals surface area contributed by atoms with Gasteiger partial charge in [-0.15, -0.1) is 0 Å². The minimum Gasteiger partial charge on any atom is -0.279 e. The topological polar surface area (TPSA) is 37.4 Å². The second-order valence-electron chi connectivity index (χ2n) is 4.48. The third kappa shape index (κ3) is 1.28. The zero-order valence-electron chi connectivity index (χ0n) is 8.93. The fourth-order valence-electron chi connectivity index (χ4n) is 2.87. The second kappa shape index (κ2) is 3.44. The van der Waals surface area contributed by atoms with Crippen LogP contribution in [0.3, 0.4) is 0 Å². The normalized spacial score (nSPS) is 28.6. The lowest BCUT2D eigenvalue weighted by molar-refractivity contribution is -0.140. The summed E-state index contributed by atoms with van der Waals surface area (Å²) in [5, 5.41) is 0. The van der Waals surface area contributed by atoms with E-state index in [9.17, 15) is 9.59 Å². The number of fused-ring (bicyclic) bond motifs is 1. The zero-order valence-corrected chi connectivity index (χ0v) is 8.93. The van der Waals surface area contributed by atoms with Gasteiger partial charge in [-0.3, -0.25) is 14.5 Å². The summed E-state index contributed by atoms with van der Waals surface area (Å²) < 4.78 is 0. The highest BCUT2D eigenvalue weighted by Gasteiger charge is 2.47. The van der Waals surface area contributed by atoms with E-state index < -0.39 is 0 Å². The molecule has 0 N–H and O–H groups in total. The van der Waals surface area contributed by atoms with E-state index in [1.165, 1.54) is 10.5 Å². The smallest absolute Gasteiger partial charge is 0.230 e. The van der Waals surface area contributed by atoms with Crippen molar-refractivity contribution in [2.24, 2.45) is 0 Å². The first kappa shape index (κ1) is 9.58. The number of hydrogen-bond donors (Lipinski definition) is 0. The van der Waals surface area contributed by atoms with Crippen molar-refractivity contribution in [3.8, 4) is 0 Å². The Hall–Kier alpha value is -1.64. The first-order chi connectivity index (χ1) is 7.77. The molecule has 3 heteroatoms. The van der Waals surface area contributed by atoms with Gasteiger partial charge in [-0.2, -0.15) is 0 Å². The summed E-state index contributed by atoms with van der Waals surface area (Å²) in [7, 11) is 0. The van der Waals surface area contributed by atoms with Crippen LogP contribution < -0.4 is 0 Å². The number of imide groups is 1. The van der Waals surface area contributed by atoms with Crippen molar-refractivity contribution >= 4 is 11.8 Å². The average molecular weight is 215 g/mol. The van der Waals surface area contributed by atoms with Crippen LogP contribution in [0.4, 0.5) is 0 Å². The number of hydrogen-bond acceptors (Lipinski definition) is 2. The molecule has 2 heterocycles. The van der Waals surface area contributed by atoms with Gasteiger partial charge in [0.1, 0.15) is 0 Å². The highest BCUT2D eigenvalue weighted by atomic mass is 16.2. The molecule has 0 saturated carbocycles. The Balaban J connectivity index is 1.95. The first-order valence-electron chi connectivity index (χ1n) is 5.67. The number of rotatable bonds is 1. The molecule has 0 radical (unpaired) electrons. The fourth-order valence-corrected chi connectivity index (χ4v) is 2.87. The fraction of sp³-hybridized carbons (Fsp3) is 0.385. The summed E-state index contributed by atoms with van der Waals surface area (Å²) >= 11 is 0. The molecule has 0 spiro atoms. The molecule has 16 heavy (non-hydrogen) atoms. The van der Waals surface area contributed by atoms with E-state index in [0.717, 1.165) is 6.42 Å². The standard InChI is InChI=1S/C13H13NO2/c15-12-7-6-11-10(8-13(16)14(11)12)9-4-2-1-3-5-9/h1-5,10-11H,6-8H2/t10-,11-/m1/s1. The van der Waals surface area contributed by atoms with Gasteiger partial charge in [-0.05, 0) is 12.0 Å². The second-order valence-corrected chi connectivity index (χ2v) is 4.48. The molecule has 2 aliphatic heterocycles. The van der Waals surface area contributed by atoms with Crippen LogP contribution in [0.1, 0.15) is 30.7 Å². The highest BCUT2D eigenvalue weighted by molar-refractivity contribution is 5.99. The van der Waals surface area contributed by atoms with Gasteiger partial charge >= 0.3 is 0 Å². The number of amides is 2. The summed E-state index contributed by atoms with van der Waals surface area (Å²) in [5.41, 5.74) is 1.18. The molecular formula is C13H13NO2. The predicted octanol–water partition coefficient (Wildman–Crippen LogP) is 1.69. The Bertz CT molecular complexity index is 441. The van der Waals surface area contributed by atoms with Crippen LogP contribution in [0.15, 0.2) is 30.3 Å². The average Bonchev–Trinajstić information content (AvgIpc) is 2.83. The van der Waals surface area contributed by atoms with Crippen molar-refractivity contribution in [1.29, 1.82) is 0 Å². The van der Waals surface area contributed by atoms with Crippen LogP contribution in [0, 0.1) is 0 Å². The van der Waals surface area contributed by atoms with Crippen molar-refractivity contribution in [3.05, 3.63) is 35.9 Å². The molecule has 0 aliphatic carbocycles. The minimum absolute atomic E-state index is 0.00125. The molecule has 82 valence electrons. The van der Waals surface area contributed by atoms with E-state index in [0.29, 0.717) is 12.8 Å². The van der Waals surface area contributed by atoms with E-state index >= 15 is 0 Å². The van der Waals surface area contributed by atoms with Crippen LogP contribution >= 0.6 is 0 Å². The number of nitrogens with zero attached hydrogens (tertiary/aromatic N) is 1. The van der Waals surface area contributed by atoms with Gasteiger partial charge in [0.15, 0.2) is 0 Å². The van der Waals surface area contributed by atoms with Crippen molar-refractivity contribution in [2.75, 3.05) is 0 Å². The molecule has 2 amide bonds. The summed E-state index contributed by atoms with van der Waals surface area (Å²) in [6.45, 7) is 0. The highest BCUT2D eigenvalue weighted by Crippen LogP contribution is 2.40. The SMILES string of the molecule is O=C1CC[C@@H]2[C@@H](c3ccccc3)CC(=O)N12. The van der Waals surface area contributed by atoms with Gasteiger partial charge in [-0.25, -0.2) is 0 Å². The third-order valence-electron chi connectivity index (χ3n) is 3.61. The van der Waals surface area contributed by atoms with Gasteiger partial charge in [0.05, 0.1) is 0 Å². The molecule has 3 rings (SSSR count). The third-order valence-corrected chi connectivity index (χ3v) is 3.61. The number of carbonyl (C=O) groups excluding carboxylic acids is 2. The molecule has 0 aromatic heterocycles. The zero-order chi connectivity index (χ0) is 11.1. The number of carbonyl (C=O) groups is 2. The lowest BCUT2D eigenvalue weighted by Gasteiger charge is -2.18. The Morgan fingerprint density at radius 1 is 1.06 bits per heavy atom. The van der Waals surface area contributed by atoms with Crippen molar-refractivity contribution < 1.29 is 9.59 Å². The van der Waals surface area contributed by atoms with Gasteiger partial charge in [0.25, 0.3) is 0 Å². The van der Waals surface area contributed by atoms with Crippen molar-refractivity contribution in [2.45, 2.75) is 31.2 Å². The van der Waals surface area contributed by atoms with E-state index in [-0.39, 0.29) is 23.8 Å². The van der Waals surface area contributed by atoms with Crippen LogP contribution in [0.2, 0.25) is 0 Å². The van der Waals surface area contributed by atoms with E-state index in [1.54, 1.807) is 0 Å². The largest absolute Gasteiger partial charge is 0.279 e. The maximum atomic E-state index is 11.8. The molecular weight excluding hydrogens is 202 g/mol. The molecule has 2 saturated heterocycles. The van der Waals surface area contributed by atoms with Crippen LogP contribution in [0.5, 0.6) is 0 Å². The molecule has 1 aromatic carbocycles. The minimum atomic E-state index is 0.00125. The van der Waals surface area contributed by atoms with E-state index in [4.69, 9.17) is 0 Å². The first-order valence-corrected chi connectivity index (χ1v) is 5.67. The molecule has 2 fully saturated rings. The molecule has 2 atom stereocenters. The lowest BCUT2D eigenvalue weighted by Crippen LogP contribution is -2.32. The Labute approximate surface area is 94.1 Å². The maximum Gasteiger partial charge on any atom is 0.230 e. The van der Waals surface area contributed by atoms with Crippen molar-refractivity contribution in [1.82, 2.24) is 4.90 Å². The summed E-state index contributed by atoms with van der Waals surface area (Å²) in [5.74, 6) is 0.218. The Morgan fingerprint density at radius 3 is 2.56 bits per heavy atom. The molecule has 2 aliphatic rings. The Kier molecular flexibility index (Phi) is 2.06. The predicted molar refractivity (Wildman–Crippen MR) is 58.7 cm³/mol. The van der Waals surface area contributed by atoms with Crippen molar-refractivity contribution in [3.63, 3.8) is 0 Å². The number of benzene rings is 1. The molecule has 1 aromatic rings. The quantitative estimate of drug-likeness (QED) is 0.668. The van der Waals surface area contributed by atoms with Crippen LogP contribution in [0.25, 0.3) is 0 Å². The summed E-state index contributed by atoms with van der Waals surface area (Å²) in [4.78, 5) is 24.8. The van der Waals surface area contributed by atoms with Gasteiger partial charge in [-0.1, -0.05) is 30.3 Å².